The quantitative estimate of drug-likeness (QED) is 0.238. The number of hydrogen-bond acceptors (Lipinski definition) is 5. The van der Waals surface area contributed by atoms with E-state index in [1.165, 1.54) is 0 Å². The van der Waals surface area contributed by atoms with Gasteiger partial charge in [0.15, 0.2) is 10.2 Å². The zero-order chi connectivity index (χ0) is 26.9. The first-order valence-electron chi connectivity index (χ1n) is 12.9. The first kappa shape index (κ1) is 25.2. The molecular weight excluding hydrogens is 525 g/mol. The highest BCUT2D eigenvalue weighted by Gasteiger charge is 2.41. The molecule has 3 aromatic heterocycles. The molecule has 0 aliphatic carbocycles. The molecule has 5 aromatic rings. The second-order valence-corrected chi connectivity index (χ2v) is 11.1. The molecule has 2 aromatic carbocycles. The third-order valence-electron chi connectivity index (χ3n) is 7.02. The molecule has 0 spiro atoms. The van der Waals surface area contributed by atoms with Gasteiger partial charge in [-0.3, -0.25) is 14.3 Å². The average Bonchev–Trinajstić information content (AvgIpc) is 3.66. The normalized spacial score (nSPS) is 17.0. The van der Waals surface area contributed by atoms with Crippen LogP contribution >= 0.6 is 23.6 Å². The molecule has 0 saturated carbocycles. The Kier molecular flexibility index (Phi) is 6.85. The number of carbonyl (C=O) groups is 1. The molecule has 1 amide bonds. The van der Waals surface area contributed by atoms with Crippen LogP contribution < -0.4 is 10.6 Å². The number of anilines is 1. The van der Waals surface area contributed by atoms with Crippen molar-refractivity contribution in [2.45, 2.75) is 32.4 Å². The molecule has 2 N–H and O–H groups in total. The van der Waals surface area contributed by atoms with E-state index in [1.54, 1.807) is 17.5 Å². The topological polar surface area (TPSA) is 75.1 Å². The molecule has 7 nitrogen and oxygen atoms in total. The number of hydrogen-bond donors (Lipinski definition) is 2. The van der Waals surface area contributed by atoms with E-state index in [9.17, 15) is 4.79 Å². The molecule has 0 bridgehead atoms. The molecule has 1 saturated heterocycles. The molecule has 1 aliphatic rings. The van der Waals surface area contributed by atoms with Gasteiger partial charge in [-0.25, -0.2) is 4.98 Å². The monoisotopic (exact) mass is 552 g/mol. The number of nitrogens with one attached hydrogen (secondary N) is 2. The summed E-state index contributed by atoms with van der Waals surface area (Å²) in [7, 11) is 0. The van der Waals surface area contributed by atoms with Gasteiger partial charge in [0.25, 0.3) is 0 Å². The summed E-state index contributed by atoms with van der Waals surface area (Å²) in [6.07, 6.45) is 4.13. The summed E-state index contributed by atoms with van der Waals surface area (Å²) < 4.78 is 3.26. The summed E-state index contributed by atoms with van der Waals surface area (Å²) >= 11 is 7.48. The maximum atomic E-state index is 13.0. The van der Waals surface area contributed by atoms with Crippen LogP contribution in [0.4, 0.5) is 5.69 Å². The highest BCUT2D eigenvalue weighted by atomic mass is 32.1. The van der Waals surface area contributed by atoms with Crippen LogP contribution in [0.2, 0.25) is 0 Å². The lowest BCUT2D eigenvalue weighted by Gasteiger charge is -2.28. The highest BCUT2D eigenvalue weighted by molar-refractivity contribution is 7.80. The van der Waals surface area contributed by atoms with Gasteiger partial charge in [0.1, 0.15) is 0 Å². The van der Waals surface area contributed by atoms with E-state index in [2.05, 4.69) is 37.2 Å². The van der Waals surface area contributed by atoms with E-state index in [-0.39, 0.29) is 18.0 Å². The Morgan fingerprint density at radius 1 is 1.08 bits per heavy atom. The minimum absolute atomic E-state index is 0.0481. The molecule has 1 aliphatic heterocycles. The molecule has 196 valence electrons. The predicted octanol–water partition coefficient (Wildman–Crippen LogP) is 6.10. The van der Waals surface area contributed by atoms with Gasteiger partial charge in [-0.2, -0.15) is 0 Å². The Balaban J connectivity index is 1.31. The number of amides is 1. The van der Waals surface area contributed by atoms with E-state index >= 15 is 0 Å². The zero-order valence-corrected chi connectivity index (χ0v) is 23.3. The molecule has 39 heavy (non-hydrogen) atoms. The van der Waals surface area contributed by atoms with Crippen molar-refractivity contribution in [3.8, 4) is 5.13 Å². The number of thiocarbonyl (C=S) groups is 1. The Bertz CT molecular complexity index is 1630. The highest BCUT2D eigenvalue weighted by Crippen LogP contribution is 2.40. The summed E-state index contributed by atoms with van der Waals surface area (Å²) in [5.74, 6) is -0.0481. The van der Waals surface area contributed by atoms with Crippen molar-refractivity contribution in [3.63, 3.8) is 0 Å². The number of fused-ring (bicyclic) bond motifs is 1. The largest absolute Gasteiger partial charge is 0.352 e. The number of para-hydroxylation sites is 1. The summed E-state index contributed by atoms with van der Waals surface area (Å²) in [4.78, 5) is 24.7. The summed E-state index contributed by atoms with van der Waals surface area (Å²) in [6.45, 7) is 4.48. The molecule has 2 unspecified atom stereocenters. The smallest absolute Gasteiger partial charge is 0.226 e. The summed E-state index contributed by atoms with van der Waals surface area (Å²) in [6, 6.07) is 23.9. The van der Waals surface area contributed by atoms with Crippen LogP contribution in [0.15, 0.2) is 85.2 Å². The van der Waals surface area contributed by atoms with Crippen molar-refractivity contribution in [3.05, 3.63) is 108 Å². The van der Waals surface area contributed by atoms with Gasteiger partial charge in [0.2, 0.25) is 5.91 Å². The average molecular weight is 553 g/mol. The second-order valence-electron chi connectivity index (χ2n) is 9.70. The van der Waals surface area contributed by atoms with Gasteiger partial charge in [-0.05, 0) is 79.7 Å². The zero-order valence-electron chi connectivity index (χ0n) is 21.7. The second kappa shape index (κ2) is 10.6. The minimum Gasteiger partial charge on any atom is -0.352 e. The molecule has 0 radical (unpaired) electrons. The first-order valence-corrected chi connectivity index (χ1v) is 14.1. The SMILES string of the molecule is Cc1ccc(C)c(NC(=O)CCN2C(=S)NC(c3ccccn3)C2c2cccn2-c2nc3ccccc3s2)c1. The van der Waals surface area contributed by atoms with Gasteiger partial charge in [0, 0.05) is 31.0 Å². The number of benzene rings is 2. The fourth-order valence-electron chi connectivity index (χ4n) is 5.05. The number of carbonyl (C=O) groups excluding carboxylic acids is 1. The Labute approximate surface area is 236 Å². The van der Waals surface area contributed by atoms with Gasteiger partial charge < -0.3 is 15.5 Å². The third-order valence-corrected chi connectivity index (χ3v) is 8.40. The molecular formula is C30H28N6OS2. The Morgan fingerprint density at radius 3 is 2.74 bits per heavy atom. The standard InChI is InChI=1S/C30H28N6OS2/c1-19-12-13-20(2)23(18-19)32-26(37)14-17-36-28(27(34-29(36)38)22-9-5-6-15-31-22)24-10-7-16-35(24)30-33-21-8-3-4-11-25(21)39-30/h3-13,15-16,18,27-28H,14,17H2,1-2H3,(H,32,37)(H,34,38). The van der Waals surface area contributed by atoms with Crippen molar-refractivity contribution >= 4 is 50.5 Å². The van der Waals surface area contributed by atoms with Crippen LogP contribution in [0.1, 0.15) is 41.0 Å². The molecule has 4 heterocycles. The number of aromatic nitrogens is 3. The van der Waals surface area contributed by atoms with Crippen molar-refractivity contribution in [2.75, 3.05) is 11.9 Å². The third kappa shape index (κ3) is 5.03. The lowest BCUT2D eigenvalue weighted by Crippen LogP contribution is -2.33. The Hall–Kier alpha value is -4.08. The van der Waals surface area contributed by atoms with Crippen molar-refractivity contribution in [2.24, 2.45) is 0 Å². The summed E-state index contributed by atoms with van der Waals surface area (Å²) in [5, 5.41) is 8.06. The summed E-state index contributed by atoms with van der Waals surface area (Å²) in [5.41, 5.74) is 5.88. The number of thiazole rings is 1. The van der Waals surface area contributed by atoms with Crippen molar-refractivity contribution in [1.29, 1.82) is 0 Å². The Morgan fingerprint density at radius 2 is 1.92 bits per heavy atom. The molecule has 1 fully saturated rings. The van der Waals surface area contributed by atoms with E-state index < -0.39 is 0 Å². The van der Waals surface area contributed by atoms with Crippen molar-refractivity contribution in [1.82, 2.24) is 24.8 Å². The number of rotatable bonds is 7. The van der Waals surface area contributed by atoms with Crippen molar-refractivity contribution < 1.29 is 4.79 Å². The molecule has 2 atom stereocenters. The van der Waals surface area contributed by atoms with Crippen LogP contribution in [0.3, 0.4) is 0 Å². The maximum Gasteiger partial charge on any atom is 0.226 e. The van der Waals surface area contributed by atoms with Crippen LogP contribution in [-0.4, -0.2) is 37.0 Å². The minimum atomic E-state index is -0.178. The van der Waals surface area contributed by atoms with Gasteiger partial charge in [-0.1, -0.05) is 41.7 Å². The predicted molar refractivity (Wildman–Crippen MR) is 160 cm³/mol. The maximum absolute atomic E-state index is 13.0. The fraction of sp³-hybridized carbons (Fsp3) is 0.200. The van der Waals surface area contributed by atoms with Gasteiger partial charge in [0.05, 0.1) is 33.7 Å². The van der Waals surface area contributed by atoms with Crippen LogP contribution in [0.5, 0.6) is 0 Å². The number of pyridine rings is 1. The van der Waals surface area contributed by atoms with Crippen LogP contribution in [-0.2, 0) is 4.79 Å². The van der Waals surface area contributed by atoms with Gasteiger partial charge >= 0.3 is 0 Å². The van der Waals surface area contributed by atoms with Crippen LogP contribution in [0.25, 0.3) is 15.3 Å². The van der Waals surface area contributed by atoms with E-state index in [0.29, 0.717) is 18.1 Å². The number of aryl methyl sites for hydroxylation is 2. The van der Waals surface area contributed by atoms with E-state index in [0.717, 1.165) is 43.6 Å². The van der Waals surface area contributed by atoms with Gasteiger partial charge in [-0.15, -0.1) is 0 Å². The lowest BCUT2D eigenvalue weighted by atomic mass is 10.0. The fourth-order valence-corrected chi connectivity index (χ4v) is 6.35. The van der Waals surface area contributed by atoms with Crippen LogP contribution in [0, 0.1) is 13.8 Å². The molecule has 6 rings (SSSR count). The molecule has 9 heteroatoms. The first-order chi connectivity index (χ1) is 19.0. The van der Waals surface area contributed by atoms with E-state index in [4.69, 9.17) is 17.2 Å². The van der Waals surface area contributed by atoms with E-state index in [1.807, 2.05) is 80.7 Å². The lowest BCUT2D eigenvalue weighted by molar-refractivity contribution is -0.116. The number of nitrogens with zero attached hydrogens (tertiary/aromatic N) is 4.